The highest BCUT2D eigenvalue weighted by Crippen LogP contribution is 2.19. The Morgan fingerprint density at radius 3 is 2.54 bits per heavy atom. The molecule has 0 aliphatic heterocycles. The van der Waals surface area contributed by atoms with Crippen LogP contribution in [0.3, 0.4) is 0 Å². The number of hydrogen-bond acceptors (Lipinski definition) is 4. The van der Waals surface area contributed by atoms with Crippen molar-refractivity contribution in [1.82, 2.24) is 15.5 Å². The Morgan fingerprint density at radius 1 is 1.25 bits per heavy atom. The monoisotopic (exact) mass is 372 g/mol. The van der Waals surface area contributed by atoms with E-state index in [1.165, 1.54) is 4.90 Å². The molecule has 1 amide bonds. The largest absolute Gasteiger partial charge is 0.383 e. The second kappa shape index (κ2) is 12.0. The lowest BCUT2D eigenvalue weighted by Crippen LogP contribution is -2.40. The number of carbonyl (C=O) groups excluding carboxylic acids is 1. The summed E-state index contributed by atoms with van der Waals surface area (Å²) < 4.78 is 5.01. The summed E-state index contributed by atoms with van der Waals surface area (Å²) in [5, 5.41) is 7.09. The average Bonchev–Trinajstić information content (AvgIpc) is 2.57. The molecule has 6 nitrogen and oxygen atoms in total. The maximum atomic E-state index is 11.6. The summed E-state index contributed by atoms with van der Waals surface area (Å²) in [7, 11) is 5.07. The fraction of sp³-hybridized carbons (Fsp3) is 0.500. The molecule has 24 heavy (non-hydrogen) atoms. The van der Waals surface area contributed by atoms with Crippen LogP contribution in [0, 0.1) is 0 Å². The van der Waals surface area contributed by atoms with Crippen LogP contribution < -0.4 is 10.6 Å². The summed E-state index contributed by atoms with van der Waals surface area (Å²) in [6, 6.07) is 7.75. The van der Waals surface area contributed by atoms with Crippen molar-refractivity contribution in [1.29, 1.82) is 0 Å². The maximum Gasteiger partial charge on any atom is 0.243 e. The zero-order chi connectivity index (χ0) is 17.8. The van der Waals surface area contributed by atoms with Crippen molar-refractivity contribution in [2.75, 3.05) is 53.2 Å². The molecule has 8 heteroatoms. The number of aliphatic imine (C=N–C) groups is 1. The Hall–Kier alpha value is -1.44. The normalized spacial score (nSPS) is 11.2. The Bertz CT molecular complexity index is 523. The number of benzene rings is 1. The first kappa shape index (κ1) is 20.6. The van der Waals surface area contributed by atoms with Crippen LogP contribution in [0.25, 0.3) is 0 Å². The van der Waals surface area contributed by atoms with Gasteiger partial charge in [0.1, 0.15) is 6.54 Å². The van der Waals surface area contributed by atoms with Crippen LogP contribution in [0.2, 0.25) is 5.02 Å². The van der Waals surface area contributed by atoms with Crippen LogP contribution in [-0.2, 0) is 9.53 Å². The van der Waals surface area contributed by atoms with E-state index < -0.39 is 0 Å². The average molecular weight is 373 g/mol. The Labute approximate surface area is 153 Å². The van der Waals surface area contributed by atoms with E-state index in [1.807, 2.05) is 24.3 Å². The first-order chi connectivity index (χ1) is 11.5. The van der Waals surface area contributed by atoms with Crippen molar-refractivity contribution in [2.45, 2.75) is 4.90 Å². The molecule has 0 radical (unpaired) electrons. The molecule has 1 aromatic carbocycles. The number of methoxy groups -OCH3 is 1. The number of rotatable bonds is 9. The van der Waals surface area contributed by atoms with E-state index >= 15 is 0 Å². The van der Waals surface area contributed by atoms with Gasteiger partial charge < -0.3 is 20.3 Å². The van der Waals surface area contributed by atoms with Crippen LogP contribution in [0.1, 0.15) is 0 Å². The third kappa shape index (κ3) is 9.00. The number of thioether (sulfide) groups is 1. The van der Waals surface area contributed by atoms with Crippen LogP contribution in [-0.4, -0.2) is 70.0 Å². The number of halogens is 1. The zero-order valence-electron chi connectivity index (χ0n) is 14.3. The fourth-order valence-electron chi connectivity index (χ4n) is 1.60. The van der Waals surface area contributed by atoms with Gasteiger partial charge in [-0.3, -0.25) is 4.79 Å². The summed E-state index contributed by atoms with van der Waals surface area (Å²) in [5.41, 5.74) is 0. The quantitative estimate of drug-likeness (QED) is 0.299. The minimum atomic E-state index is -0.0432. The number of ether oxygens (including phenoxy) is 1. The van der Waals surface area contributed by atoms with Crippen molar-refractivity contribution in [2.24, 2.45) is 4.99 Å². The summed E-state index contributed by atoms with van der Waals surface area (Å²) in [6.07, 6.45) is 0. The highest BCUT2D eigenvalue weighted by molar-refractivity contribution is 7.99. The predicted octanol–water partition coefficient (Wildman–Crippen LogP) is 1.70. The van der Waals surface area contributed by atoms with E-state index in [9.17, 15) is 4.79 Å². The predicted molar refractivity (Wildman–Crippen MR) is 101 cm³/mol. The lowest BCUT2D eigenvalue weighted by Gasteiger charge is -2.13. The standard InChI is InChI=1S/C16H25ClN4O2S/c1-21(2)15(22)12-20-16(18-8-10-23-3)19-9-11-24-14-6-4-13(17)5-7-14/h4-7H,8-12H2,1-3H3,(H2,18,19,20). The molecule has 134 valence electrons. The van der Waals surface area contributed by atoms with Crippen molar-refractivity contribution in [3.05, 3.63) is 29.3 Å². The lowest BCUT2D eigenvalue weighted by molar-refractivity contribution is -0.127. The summed E-state index contributed by atoms with van der Waals surface area (Å²) in [5.74, 6) is 1.44. The van der Waals surface area contributed by atoms with E-state index in [-0.39, 0.29) is 12.5 Å². The Kier molecular flexibility index (Phi) is 10.3. The van der Waals surface area contributed by atoms with Gasteiger partial charge >= 0.3 is 0 Å². The first-order valence-corrected chi connectivity index (χ1v) is 8.99. The topological polar surface area (TPSA) is 66.0 Å². The van der Waals surface area contributed by atoms with E-state index in [0.29, 0.717) is 19.1 Å². The molecule has 0 aromatic heterocycles. The molecule has 0 unspecified atom stereocenters. The van der Waals surface area contributed by atoms with Gasteiger partial charge in [-0.25, -0.2) is 4.99 Å². The number of guanidine groups is 1. The van der Waals surface area contributed by atoms with Gasteiger partial charge in [-0.1, -0.05) is 11.6 Å². The number of hydrogen-bond donors (Lipinski definition) is 2. The first-order valence-electron chi connectivity index (χ1n) is 7.62. The SMILES string of the molecule is COCCNC(=NCC(=O)N(C)C)NCCSc1ccc(Cl)cc1. The molecular weight excluding hydrogens is 348 g/mol. The van der Waals surface area contributed by atoms with Crippen LogP contribution in [0.4, 0.5) is 0 Å². The minimum absolute atomic E-state index is 0.0432. The molecular formula is C16H25ClN4O2S. The number of carbonyl (C=O) groups is 1. The molecule has 0 aliphatic rings. The molecule has 0 atom stereocenters. The third-order valence-electron chi connectivity index (χ3n) is 2.95. The van der Waals surface area contributed by atoms with Gasteiger partial charge in [0.2, 0.25) is 5.91 Å². The number of nitrogens with one attached hydrogen (secondary N) is 2. The molecule has 0 bridgehead atoms. The van der Waals surface area contributed by atoms with Gasteiger partial charge in [0, 0.05) is 50.0 Å². The Morgan fingerprint density at radius 2 is 1.92 bits per heavy atom. The second-order valence-corrected chi connectivity index (χ2v) is 6.71. The molecule has 1 aromatic rings. The van der Waals surface area contributed by atoms with Gasteiger partial charge in [-0.2, -0.15) is 0 Å². The molecule has 0 fully saturated rings. The van der Waals surface area contributed by atoms with Crippen LogP contribution in [0.5, 0.6) is 0 Å². The van der Waals surface area contributed by atoms with Gasteiger partial charge in [-0.05, 0) is 24.3 Å². The van der Waals surface area contributed by atoms with Gasteiger partial charge in [0.25, 0.3) is 0 Å². The van der Waals surface area contributed by atoms with Crippen LogP contribution >= 0.6 is 23.4 Å². The van der Waals surface area contributed by atoms with E-state index in [2.05, 4.69) is 15.6 Å². The summed E-state index contributed by atoms with van der Waals surface area (Å²) in [4.78, 5) is 18.6. The van der Waals surface area contributed by atoms with E-state index in [4.69, 9.17) is 16.3 Å². The maximum absolute atomic E-state index is 11.6. The lowest BCUT2D eigenvalue weighted by atomic mass is 10.4. The van der Waals surface area contributed by atoms with E-state index in [0.717, 1.165) is 22.2 Å². The molecule has 0 saturated heterocycles. The van der Waals surface area contributed by atoms with Crippen molar-refractivity contribution in [3.63, 3.8) is 0 Å². The van der Waals surface area contributed by atoms with Gasteiger partial charge in [-0.15, -0.1) is 11.8 Å². The fourth-order valence-corrected chi connectivity index (χ4v) is 2.50. The van der Waals surface area contributed by atoms with Crippen molar-refractivity contribution in [3.8, 4) is 0 Å². The van der Waals surface area contributed by atoms with Crippen molar-refractivity contribution < 1.29 is 9.53 Å². The number of nitrogens with zero attached hydrogens (tertiary/aromatic N) is 2. The van der Waals surface area contributed by atoms with Gasteiger partial charge in [0.05, 0.1) is 6.61 Å². The number of likely N-dealkylation sites (N-methyl/N-ethyl adjacent to an activating group) is 1. The molecule has 1 rings (SSSR count). The Balaban J connectivity index is 2.40. The van der Waals surface area contributed by atoms with Crippen LogP contribution in [0.15, 0.2) is 34.2 Å². The third-order valence-corrected chi connectivity index (χ3v) is 4.21. The molecule has 0 aliphatic carbocycles. The highest BCUT2D eigenvalue weighted by Gasteiger charge is 2.04. The van der Waals surface area contributed by atoms with E-state index in [1.54, 1.807) is 33.0 Å². The van der Waals surface area contributed by atoms with Gasteiger partial charge in [0.15, 0.2) is 5.96 Å². The zero-order valence-corrected chi connectivity index (χ0v) is 15.9. The van der Waals surface area contributed by atoms with Crippen molar-refractivity contribution >= 4 is 35.2 Å². The molecule has 0 heterocycles. The minimum Gasteiger partial charge on any atom is -0.383 e. The second-order valence-electron chi connectivity index (χ2n) is 5.10. The highest BCUT2D eigenvalue weighted by atomic mass is 35.5. The molecule has 0 saturated carbocycles. The molecule has 0 spiro atoms. The smallest absolute Gasteiger partial charge is 0.243 e. The molecule has 2 N–H and O–H groups in total. The summed E-state index contributed by atoms with van der Waals surface area (Å²) in [6.45, 7) is 2.03. The number of amides is 1. The summed E-state index contributed by atoms with van der Waals surface area (Å²) >= 11 is 7.60.